The molecule has 138 valence electrons. The summed E-state index contributed by atoms with van der Waals surface area (Å²) in [4.78, 5) is 20.4. The zero-order valence-electron chi connectivity index (χ0n) is 15.6. The SMILES string of the molecule is CN=C(NCc1cccc(NC(=O)CC(C)C)c1)NCc1ccccn1. The Hall–Kier alpha value is -2.89. The topological polar surface area (TPSA) is 78.4 Å². The monoisotopic (exact) mass is 353 g/mol. The number of nitrogens with zero attached hydrogens (tertiary/aromatic N) is 2. The molecule has 1 heterocycles. The fourth-order valence-corrected chi connectivity index (χ4v) is 2.43. The number of pyridine rings is 1. The van der Waals surface area contributed by atoms with E-state index >= 15 is 0 Å². The molecule has 0 aliphatic carbocycles. The zero-order valence-corrected chi connectivity index (χ0v) is 15.6. The van der Waals surface area contributed by atoms with Crippen molar-refractivity contribution in [2.24, 2.45) is 10.9 Å². The molecule has 2 rings (SSSR count). The molecule has 0 saturated carbocycles. The van der Waals surface area contributed by atoms with E-state index < -0.39 is 0 Å². The normalized spacial score (nSPS) is 11.3. The van der Waals surface area contributed by atoms with Crippen molar-refractivity contribution >= 4 is 17.6 Å². The highest BCUT2D eigenvalue weighted by Crippen LogP contribution is 2.12. The quantitative estimate of drug-likeness (QED) is 0.528. The summed E-state index contributed by atoms with van der Waals surface area (Å²) in [5.41, 5.74) is 2.82. The predicted molar refractivity (Wildman–Crippen MR) is 106 cm³/mol. The van der Waals surface area contributed by atoms with Crippen LogP contribution in [0.25, 0.3) is 0 Å². The molecule has 0 atom stereocenters. The third-order valence-corrected chi connectivity index (χ3v) is 3.65. The second-order valence-electron chi connectivity index (χ2n) is 6.45. The van der Waals surface area contributed by atoms with Crippen LogP contribution in [-0.2, 0) is 17.9 Å². The Balaban J connectivity index is 1.85. The Morgan fingerprint density at radius 2 is 1.92 bits per heavy atom. The molecule has 0 fully saturated rings. The fourth-order valence-electron chi connectivity index (χ4n) is 2.43. The van der Waals surface area contributed by atoms with Crippen molar-refractivity contribution in [3.63, 3.8) is 0 Å². The lowest BCUT2D eigenvalue weighted by Crippen LogP contribution is -2.36. The first-order valence-corrected chi connectivity index (χ1v) is 8.80. The Kier molecular flexibility index (Phi) is 7.61. The van der Waals surface area contributed by atoms with Crippen LogP contribution in [0.4, 0.5) is 5.69 Å². The number of hydrogen-bond acceptors (Lipinski definition) is 3. The number of hydrogen-bond donors (Lipinski definition) is 3. The molecular weight excluding hydrogens is 326 g/mol. The maximum absolute atomic E-state index is 11.9. The van der Waals surface area contributed by atoms with Gasteiger partial charge in [0.2, 0.25) is 5.91 Å². The first-order chi connectivity index (χ1) is 12.6. The molecule has 2 aromatic rings. The van der Waals surface area contributed by atoms with E-state index in [0.717, 1.165) is 16.9 Å². The number of guanidine groups is 1. The number of rotatable bonds is 7. The van der Waals surface area contributed by atoms with Gasteiger partial charge in [-0.25, -0.2) is 0 Å². The maximum Gasteiger partial charge on any atom is 0.224 e. The molecule has 6 heteroatoms. The van der Waals surface area contributed by atoms with Crippen LogP contribution in [-0.4, -0.2) is 23.9 Å². The highest BCUT2D eigenvalue weighted by atomic mass is 16.1. The number of aliphatic imine (C=N–C) groups is 1. The lowest BCUT2D eigenvalue weighted by molar-refractivity contribution is -0.116. The van der Waals surface area contributed by atoms with E-state index in [9.17, 15) is 4.79 Å². The van der Waals surface area contributed by atoms with Gasteiger partial charge in [-0.2, -0.15) is 0 Å². The van der Waals surface area contributed by atoms with Crippen molar-refractivity contribution in [1.29, 1.82) is 0 Å². The Morgan fingerprint density at radius 1 is 1.12 bits per heavy atom. The van der Waals surface area contributed by atoms with Crippen LogP contribution in [0, 0.1) is 5.92 Å². The summed E-state index contributed by atoms with van der Waals surface area (Å²) >= 11 is 0. The van der Waals surface area contributed by atoms with Gasteiger partial charge in [0.25, 0.3) is 0 Å². The van der Waals surface area contributed by atoms with Gasteiger partial charge < -0.3 is 16.0 Å². The van der Waals surface area contributed by atoms with Gasteiger partial charge in [-0.1, -0.05) is 32.0 Å². The average molecular weight is 353 g/mol. The molecule has 1 aromatic heterocycles. The lowest BCUT2D eigenvalue weighted by atomic mass is 10.1. The molecule has 0 bridgehead atoms. The Labute approximate surface area is 155 Å². The largest absolute Gasteiger partial charge is 0.352 e. The number of aromatic nitrogens is 1. The molecule has 0 aliphatic rings. The number of amides is 1. The van der Waals surface area contributed by atoms with Crippen LogP contribution >= 0.6 is 0 Å². The highest BCUT2D eigenvalue weighted by molar-refractivity contribution is 5.90. The third kappa shape index (κ3) is 6.93. The Morgan fingerprint density at radius 3 is 2.62 bits per heavy atom. The summed E-state index contributed by atoms with van der Waals surface area (Å²) in [5.74, 6) is 1.08. The number of benzene rings is 1. The summed E-state index contributed by atoms with van der Waals surface area (Å²) in [6.07, 6.45) is 2.29. The standard InChI is InChI=1S/C20H27N5O/c1-15(2)11-19(26)25-17-9-6-7-16(12-17)13-23-20(21-3)24-14-18-8-4-5-10-22-18/h4-10,12,15H,11,13-14H2,1-3H3,(H,25,26)(H2,21,23,24). The van der Waals surface area contributed by atoms with Crippen LogP contribution in [0.5, 0.6) is 0 Å². The molecule has 26 heavy (non-hydrogen) atoms. The molecule has 6 nitrogen and oxygen atoms in total. The van der Waals surface area contributed by atoms with Crippen molar-refractivity contribution in [3.05, 3.63) is 59.9 Å². The molecular formula is C20H27N5O. The van der Waals surface area contributed by atoms with Crippen molar-refractivity contribution in [2.45, 2.75) is 33.4 Å². The summed E-state index contributed by atoms with van der Waals surface area (Å²) in [7, 11) is 1.73. The smallest absolute Gasteiger partial charge is 0.224 e. The molecule has 1 aromatic carbocycles. The van der Waals surface area contributed by atoms with Gasteiger partial charge >= 0.3 is 0 Å². The van der Waals surface area contributed by atoms with Crippen molar-refractivity contribution < 1.29 is 4.79 Å². The fraction of sp³-hybridized carbons (Fsp3) is 0.350. The van der Waals surface area contributed by atoms with Gasteiger partial charge in [0, 0.05) is 31.9 Å². The minimum absolute atomic E-state index is 0.0398. The van der Waals surface area contributed by atoms with Gasteiger partial charge in [0.05, 0.1) is 12.2 Å². The first kappa shape index (κ1) is 19.4. The van der Waals surface area contributed by atoms with E-state index in [1.807, 2.05) is 56.3 Å². The Bertz CT molecular complexity index is 728. The lowest BCUT2D eigenvalue weighted by Gasteiger charge is -2.13. The van der Waals surface area contributed by atoms with Crippen LogP contribution in [0.1, 0.15) is 31.5 Å². The molecule has 1 amide bonds. The van der Waals surface area contributed by atoms with E-state index in [1.54, 1.807) is 13.2 Å². The van der Waals surface area contributed by atoms with Gasteiger partial charge in [-0.05, 0) is 35.7 Å². The summed E-state index contributed by atoms with van der Waals surface area (Å²) in [6, 6.07) is 13.6. The first-order valence-electron chi connectivity index (χ1n) is 8.80. The van der Waals surface area contributed by atoms with Crippen molar-refractivity contribution in [3.8, 4) is 0 Å². The molecule has 3 N–H and O–H groups in total. The van der Waals surface area contributed by atoms with Crippen LogP contribution in [0.15, 0.2) is 53.7 Å². The van der Waals surface area contributed by atoms with Gasteiger partial charge in [-0.3, -0.25) is 14.8 Å². The maximum atomic E-state index is 11.9. The third-order valence-electron chi connectivity index (χ3n) is 3.65. The highest BCUT2D eigenvalue weighted by Gasteiger charge is 2.06. The minimum Gasteiger partial charge on any atom is -0.352 e. The van der Waals surface area contributed by atoms with Crippen molar-refractivity contribution in [2.75, 3.05) is 12.4 Å². The minimum atomic E-state index is 0.0398. The second kappa shape index (κ2) is 10.2. The van der Waals surface area contributed by atoms with E-state index in [0.29, 0.717) is 31.4 Å². The second-order valence-corrected chi connectivity index (χ2v) is 6.45. The number of carbonyl (C=O) groups excluding carboxylic acids is 1. The van der Waals surface area contributed by atoms with Gasteiger partial charge in [0.15, 0.2) is 5.96 Å². The summed E-state index contributed by atoms with van der Waals surface area (Å²) in [6.45, 7) is 5.27. The predicted octanol–water partition coefficient (Wildman–Crippen LogP) is 2.93. The van der Waals surface area contributed by atoms with Crippen LogP contribution in [0.2, 0.25) is 0 Å². The van der Waals surface area contributed by atoms with E-state index in [1.165, 1.54) is 0 Å². The molecule has 0 radical (unpaired) electrons. The number of nitrogens with one attached hydrogen (secondary N) is 3. The number of anilines is 1. The summed E-state index contributed by atoms with van der Waals surface area (Å²) in [5, 5.41) is 9.44. The van der Waals surface area contributed by atoms with Gasteiger partial charge in [0.1, 0.15) is 0 Å². The van der Waals surface area contributed by atoms with E-state index in [4.69, 9.17) is 0 Å². The average Bonchev–Trinajstić information content (AvgIpc) is 2.62. The summed E-state index contributed by atoms with van der Waals surface area (Å²) < 4.78 is 0. The molecule has 0 spiro atoms. The molecule has 0 aliphatic heterocycles. The van der Waals surface area contributed by atoms with Crippen LogP contribution < -0.4 is 16.0 Å². The molecule has 0 unspecified atom stereocenters. The molecule has 0 saturated heterocycles. The van der Waals surface area contributed by atoms with E-state index in [-0.39, 0.29) is 5.91 Å². The van der Waals surface area contributed by atoms with Crippen molar-refractivity contribution in [1.82, 2.24) is 15.6 Å². The number of carbonyl (C=O) groups is 1. The van der Waals surface area contributed by atoms with Crippen LogP contribution in [0.3, 0.4) is 0 Å². The van der Waals surface area contributed by atoms with Gasteiger partial charge in [-0.15, -0.1) is 0 Å². The van der Waals surface area contributed by atoms with E-state index in [2.05, 4.69) is 25.9 Å². The zero-order chi connectivity index (χ0) is 18.8.